The Labute approximate surface area is 126 Å². The molecule has 1 fully saturated rings. The van der Waals surface area contributed by atoms with Gasteiger partial charge in [-0.25, -0.2) is 0 Å². The van der Waals surface area contributed by atoms with Crippen molar-refractivity contribution >= 4 is 11.8 Å². The van der Waals surface area contributed by atoms with E-state index in [0.29, 0.717) is 13.0 Å². The second-order valence-corrected chi connectivity index (χ2v) is 6.89. The van der Waals surface area contributed by atoms with E-state index in [-0.39, 0.29) is 29.2 Å². The average molecular weight is 288 g/mol. The van der Waals surface area contributed by atoms with Gasteiger partial charge < -0.3 is 10.6 Å². The molecule has 1 aromatic rings. The fraction of sp³-hybridized carbons (Fsp3) is 0.529. The van der Waals surface area contributed by atoms with Gasteiger partial charge in [0.25, 0.3) is 0 Å². The molecule has 1 saturated carbocycles. The highest BCUT2D eigenvalue weighted by Crippen LogP contribution is 2.39. The maximum absolute atomic E-state index is 12.1. The number of rotatable bonds is 4. The van der Waals surface area contributed by atoms with Gasteiger partial charge in [-0.05, 0) is 39.7 Å². The fourth-order valence-electron chi connectivity index (χ4n) is 2.38. The van der Waals surface area contributed by atoms with Gasteiger partial charge in [0.05, 0.1) is 11.8 Å². The molecule has 1 aliphatic carbocycles. The summed E-state index contributed by atoms with van der Waals surface area (Å²) in [4.78, 5) is 24.0. The molecule has 0 heterocycles. The smallest absolute Gasteiger partial charge is 0.224 e. The molecule has 4 heteroatoms. The highest BCUT2D eigenvalue weighted by Gasteiger charge is 2.48. The summed E-state index contributed by atoms with van der Waals surface area (Å²) in [5.41, 5.74) is 2.01. The summed E-state index contributed by atoms with van der Waals surface area (Å²) in [5, 5.41) is 5.85. The molecule has 0 bridgehead atoms. The van der Waals surface area contributed by atoms with Crippen molar-refractivity contribution in [2.75, 3.05) is 0 Å². The van der Waals surface area contributed by atoms with Gasteiger partial charge in [0.15, 0.2) is 0 Å². The van der Waals surface area contributed by atoms with Crippen LogP contribution in [0, 0.1) is 18.8 Å². The zero-order chi connectivity index (χ0) is 15.6. The summed E-state index contributed by atoms with van der Waals surface area (Å²) in [5.74, 6) is -0.373. The van der Waals surface area contributed by atoms with E-state index in [1.54, 1.807) is 0 Å². The van der Waals surface area contributed by atoms with Crippen molar-refractivity contribution in [1.82, 2.24) is 10.6 Å². The van der Waals surface area contributed by atoms with Crippen LogP contribution in [0.3, 0.4) is 0 Å². The van der Waals surface area contributed by atoms with Crippen LogP contribution in [0.4, 0.5) is 0 Å². The Hall–Kier alpha value is -1.84. The Morgan fingerprint density at radius 1 is 1.19 bits per heavy atom. The Balaban J connectivity index is 1.80. The van der Waals surface area contributed by atoms with Gasteiger partial charge in [0.1, 0.15) is 0 Å². The first-order valence-electron chi connectivity index (χ1n) is 7.41. The molecule has 0 spiro atoms. The Morgan fingerprint density at radius 3 is 2.48 bits per heavy atom. The Morgan fingerprint density at radius 2 is 1.86 bits per heavy atom. The largest absolute Gasteiger partial charge is 0.352 e. The van der Waals surface area contributed by atoms with Gasteiger partial charge in [-0.1, -0.05) is 29.8 Å². The molecule has 0 saturated heterocycles. The maximum atomic E-state index is 12.1. The summed E-state index contributed by atoms with van der Waals surface area (Å²) in [6.07, 6.45) is 0.654. The highest BCUT2D eigenvalue weighted by molar-refractivity contribution is 5.92. The predicted molar refractivity (Wildman–Crippen MR) is 82.5 cm³/mol. The first-order valence-corrected chi connectivity index (χ1v) is 7.41. The molecule has 1 aliphatic rings. The number of carbonyl (C=O) groups excluding carboxylic acids is 2. The van der Waals surface area contributed by atoms with Crippen molar-refractivity contribution in [3.05, 3.63) is 35.4 Å². The average Bonchev–Trinajstić information content (AvgIpc) is 3.14. The number of aryl methyl sites for hydroxylation is 1. The maximum Gasteiger partial charge on any atom is 0.224 e. The minimum absolute atomic E-state index is 0.0156. The quantitative estimate of drug-likeness (QED) is 0.892. The highest BCUT2D eigenvalue weighted by atomic mass is 16.2. The van der Waals surface area contributed by atoms with E-state index in [4.69, 9.17) is 0 Å². The molecule has 2 N–H and O–H groups in total. The van der Waals surface area contributed by atoms with E-state index < -0.39 is 0 Å². The fourth-order valence-corrected chi connectivity index (χ4v) is 2.38. The van der Waals surface area contributed by atoms with Crippen LogP contribution in [0.5, 0.6) is 0 Å². The molecule has 0 aromatic heterocycles. The monoisotopic (exact) mass is 288 g/mol. The van der Waals surface area contributed by atoms with Crippen LogP contribution in [-0.2, 0) is 16.1 Å². The number of amides is 2. The second kappa shape index (κ2) is 5.88. The van der Waals surface area contributed by atoms with E-state index in [1.807, 2.05) is 45.9 Å². The van der Waals surface area contributed by atoms with Crippen LogP contribution >= 0.6 is 0 Å². The third-order valence-corrected chi connectivity index (χ3v) is 3.51. The first kappa shape index (κ1) is 15.5. The molecule has 0 radical (unpaired) electrons. The molecule has 21 heavy (non-hydrogen) atoms. The molecule has 114 valence electrons. The topological polar surface area (TPSA) is 58.2 Å². The summed E-state index contributed by atoms with van der Waals surface area (Å²) in [6, 6.07) is 8.05. The lowest BCUT2D eigenvalue weighted by atomic mass is 10.1. The number of hydrogen-bond donors (Lipinski definition) is 2. The van der Waals surface area contributed by atoms with Gasteiger partial charge in [0.2, 0.25) is 11.8 Å². The minimum Gasteiger partial charge on any atom is -0.352 e. The van der Waals surface area contributed by atoms with Crippen LogP contribution < -0.4 is 10.6 Å². The molecule has 2 unspecified atom stereocenters. The molecule has 2 atom stereocenters. The first-order chi connectivity index (χ1) is 9.76. The SMILES string of the molecule is Cc1cccc(CNC(=O)C2CC2C(=O)NC(C)(C)C)c1. The predicted octanol–water partition coefficient (Wildman–Crippen LogP) is 2.16. The van der Waals surface area contributed by atoms with Crippen LogP contribution in [-0.4, -0.2) is 17.4 Å². The van der Waals surface area contributed by atoms with Crippen molar-refractivity contribution in [3.63, 3.8) is 0 Å². The summed E-state index contributed by atoms with van der Waals surface area (Å²) in [7, 11) is 0. The minimum atomic E-state index is -0.248. The van der Waals surface area contributed by atoms with Gasteiger partial charge in [-0.2, -0.15) is 0 Å². The lowest BCUT2D eigenvalue weighted by Crippen LogP contribution is -2.42. The molecule has 2 amide bonds. The summed E-state index contributed by atoms with van der Waals surface area (Å²) >= 11 is 0. The van der Waals surface area contributed by atoms with Crippen molar-refractivity contribution in [2.24, 2.45) is 11.8 Å². The van der Waals surface area contributed by atoms with Crippen molar-refractivity contribution < 1.29 is 9.59 Å². The zero-order valence-corrected chi connectivity index (χ0v) is 13.2. The van der Waals surface area contributed by atoms with Crippen molar-refractivity contribution in [2.45, 2.75) is 46.2 Å². The number of carbonyl (C=O) groups is 2. The molecular formula is C17H24N2O2. The van der Waals surface area contributed by atoms with Crippen LogP contribution in [0.1, 0.15) is 38.3 Å². The van der Waals surface area contributed by atoms with Crippen molar-refractivity contribution in [1.29, 1.82) is 0 Å². The van der Waals surface area contributed by atoms with E-state index in [2.05, 4.69) is 16.7 Å². The summed E-state index contributed by atoms with van der Waals surface area (Å²) < 4.78 is 0. The number of hydrogen-bond acceptors (Lipinski definition) is 2. The zero-order valence-electron chi connectivity index (χ0n) is 13.2. The van der Waals surface area contributed by atoms with Crippen LogP contribution in [0.15, 0.2) is 24.3 Å². The lowest BCUT2D eigenvalue weighted by Gasteiger charge is -2.20. The van der Waals surface area contributed by atoms with E-state index in [9.17, 15) is 9.59 Å². The molecule has 0 aliphatic heterocycles. The molecule has 2 rings (SSSR count). The number of nitrogens with one attached hydrogen (secondary N) is 2. The third-order valence-electron chi connectivity index (χ3n) is 3.51. The Bertz CT molecular complexity index is 546. The van der Waals surface area contributed by atoms with E-state index in [0.717, 1.165) is 5.56 Å². The van der Waals surface area contributed by atoms with Crippen molar-refractivity contribution in [3.8, 4) is 0 Å². The van der Waals surface area contributed by atoms with Gasteiger partial charge in [-0.3, -0.25) is 9.59 Å². The Kier molecular flexibility index (Phi) is 4.35. The normalized spacial score (nSPS) is 20.8. The van der Waals surface area contributed by atoms with E-state index >= 15 is 0 Å². The molecule has 1 aromatic carbocycles. The lowest BCUT2D eigenvalue weighted by molar-refractivity contribution is -0.128. The second-order valence-electron chi connectivity index (χ2n) is 6.89. The van der Waals surface area contributed by atoms with Gasteiger partial charge in [0, 0.05) is 12.1 Å². The van der Waals surface area contributed by atoms with Crippen LogP contribution in [0.25, 0.3) is 0 Å². The molecular weight excluding hydrogens is 264 g/mol. The summed E-state index contributed by atoms with van der Waals surface area (Å²) in [6.45, 7) is 8.38. The third kappa shape index (κ3) is 4.59. The van der Waals surface area contributed by atoms with Gasteiger partial charge >= 0.3 is 0 Å². The standard InChI is InChI=1S/C17H24N2O2/c1-11-6-5-7-12(8-11)10-18-15(20)13-9-14(13)16(21)19-17(2,3)4/h5-8,13-14H,9-10H2,1-4H3,(H,18,20)(H,19,21). The van der Waals surface area contributed by atoms with Crippen LogP contribution in [0.2, 0.25) is 0 Å². The number of benzene rings is 1. The van der Waals surface area contributed by atoms with E-state index in [1.165, 1.54) is 5.56 Å². The van der Waals surface area contributed by atoms with Gasteiger partial charge in [-0.15, -0.1) is 0 Å². The molecule has 4 nitrogen and oxygen atoms in total.